The third-order valence-corrected chi connectivity index (χ3v) is 4.88. The van der Waals surface area contributed by atoms with Crippen molar-refractivity contribution in [2.45, 2.75) is 33.7 Å². The summed E-state index contributed by atoms with van der Waals surface area (Å²) < 4.78 is 0. The van der Waals surface area contributed by atoms with Crippen molar-refractivity contribution in [2.75, 3.05) is 18.4 Å². The van der Waals surface area contributed by atoms with Crippen LogP contribution in [-0.4, -0.2) is 28.9 Å². The maximum atomic E-state index is 12.6. The number of hydrogen-bond donors (Lipinski definition) is 2. The van der Waals surface area contributed by atoms with Crippen LogP contribution in [0.25, 0.3) is 10.9 Å². The molecule has 0 aliphatic heterocycles. The number of nitrogens with zero attached hydrogens (tertiary/aromatic N) is 1. The molecular formula is C22H27N3O. The lowest BCUT2D eigenvalue weighted by molar-refractivity contribution is -0.115. The first-order valence-electron chi connectivity index (χ1n) is 9.28. The number of aryl methyl sites for hydroxylation is 1. The van der Waals surface area contributed by atoms with Gasteiger partial charge >= 0.3 is 0 Å². The minimum Gasteiger partial charge on any atom is -0.358 e. The molecule has 0 fully saturated rings. The Balaban J connectivity index is 1.71. The lowest BCUT2D eigenvalue weighted by Gasteiger charge is -2.18. The van der Waals surface area contributed by atoms with Crippen molar-refractivity contribution < 1.29 is 4.79 Å². The third-order valence-electron chi connectivity index (χ3n) is 4.88. The topological polar surface area (TPSA) is 48.1 Å². The van der Waals surface area contributed by atoms with Crippen LogP contribution in [-0.2, 0) is 17.8 Å². The monoisotopic (exact) mass is 349 g/mol. The Morgan fingerprint density at radius 1 is 1.08 bits per heavy atom. The highest BCUT2D eigenvalue weighted by molar-refractivity contribution is 5.96. The predicted molar refractivity (Wildman–Crippen MR) is 108 cm³/mol. The van der Waals surface area contributed by atoms with E-state index in [0.717, 1.165) is 47.5 Å². The molecule has 136 valence electrons. The summed E-state index contributed by atoms with van der Waals surface area (Å²) in [5.74, 6) is 0.0119. The van der Waals surface area contributed by atoms with Gasteiger partial charge in [-0.2, -0.15) is 0 Å². The fraction of sp³-hybridized carbons (Fsp3) is 0.318. The van der Waals surface area contributed by atoms with Crippen molar-refractivity contribution in [3.8, 4) is 0 Å². The average molecular weight is 349 g/mol. The number of carbonyl (C=O) groups excluding carboxylic acids is 1. The van der Waals surface area contributed by atoms with E-state index in [1.807, 2.05) is 37.3 Å². The van der Waals surface area contributed by atoms with Crippen molar-refractivity contribution in [3.63, 3.8) is 0 Å². The second kappa shape index (κ2) is 8.19. The molecule has 1 heterocycles. The van der Waals surface area contributed by atoms with E-state index >= 15 is 0 Å². The van der Waals surface area contributed by atoms with Gasteiger partial charge in [-0.25, -0.2) is 0 Å². The van der Waals surface area contributed by atoms with Gasteiger partial charge in [0.15, 0.2) is 0 Å². The lowest BCUT2D eigenvalue weighted by Crippen LogP contribution is -2.22. The molecule has 0 atom stereocenters. The number of nitrogens with one attached hydrogen (secondary N) is 2. The van der Waals surface area contributed by atoms with E-state index in [2.05, 4.69) is 47.2 Å². The molecule has 2 N–H and O–H groups in total. The molecule has 4 heteroatoms. The molecule has 1 amide bonds. The van der Waals surface area contributed by atoms with Crippen molar-refractivity contribution >= 4 is 22.5 Å². The molecule has 0 spiro atoms. The summed E-state index contributed by atoms with van der Waals surface area (Å²) >= 11 is 0. The second-order valence-corrected chi connectivity index (χ2v) is 6.66. The maximum Gasteiger partial charge on any atom is 0.228 e. The first kappa shape index (κ1) is 18.2. The Bertz CT molecular complexity index is 893. The van der Waals surface area contributed by atoms with Crippen LogP contribution < -0.4 is 5.32 Å². The van der Waals surface area contributed by atoms with Crippen molar-refractivity contribution in [2.24, 2.45) is 0 Å². The Kier molecular flexibility index (Phi) is 5.74. The molecule has 0 aliphatic carbocycles. The summed E-state index contributed by atoms with van der Waals surface area (Å²) in [6.45, 7) is 9.29. The Labute approximate surface area is 155 Å². The number of aromatic nitrogens is 1. The highest BCUT2D eigenvalue weighted by Gasteiger charge is 2.12. The van der Waals surface area contributed by atoms with E-state index in [-0.39, 0.29) is 5.91 Å². The van der Waals surface area contributed by atoms with Crippen LogP contribution in [0.1, 0.15) is 30.7 Å². The van der Waals surface area contributed by atoms with Gasteiger partial charge in [0, 0.05) is 28.8 Å². The number of para-hydroxylation sites is 1. The lowest BCUT2D eigenvalue weighted by atomic mass is 10.1. The van der Waals surface area contributed by atoms with Gasteiger partial charge in [0.2, 0.25) is 5.91 Å². The summed E-state index contributed by atoms with van der Waals surface area (Å²) in [4.78, 5) is 18.3. The minimum absolute atomic E-state index is 0.0119. The Hall–Kier alpha value is -2.59. The molecule has 0 saturated carbocycles. The standard InChI is InChI=1S/C22H27N3O/c1-4-25(5-2)15-17-9-8-10-18(13-17)24-22(26)14-20-16(3)23-21-12-7-6-11-19(20)21/h6-13,23H,4-5,14-15H2,1-3H3,(H,24,26). The van der Waals surface area contributed by atoms with E-state index in [0.29, 0.717) is 6.42 Å². The van der Waals surface area contributed by atoms with Crippen LogP contribution in [0.15, 0.2) is 48.5 Å². The molecule has 0 unspecified atom stereocenters. The van der Waals surface area contributed by atoms with E-state index in [9.17, 15) is 4.79 Å². The van der Waals surface area contributed by atoms with Gasteiger partial charge in [-0.3, -0.25) is 9.69 Å². The number of amides is 1. The normalized spacial score (nSPS) is 11.2. The molecule has 0 aliphatic rings. The van der Waals surface area contributed by atoms with Gasteiger partial charge < -0.3 is 10.3 Å². The van der Waals surface area contributed by atoms with Crippen LogP contribution in [0.2, 0.25) is 0 Å². The molecule has 26 heavy (non-hydrogen) atoms. The van der Waals surface area contributed by atoms with Gasteiger partial charge in [-0.15, -0.1) is 0 Å². The number of rotatable bonds is 7. The molecule has 2 aromatic carbocycles. The van der Waals surface area contributed by atoms with Crippen LogP contribution in [0, 0.1) is 6.92 Å². The summed E-state index contributed by atoms with van der Waals surface area (Å²) in [5.41, 5.74) is 5.27. The van der Waals surface area contributed by atoms with Gasteiger partial charge in [0.25, 0.3) is 0 Å². The fourth-order valence-electron chi connectivity index (χ4n) is 3.38. The number of hydrogen-bond acceptors (Lipinski definition) is 2. The SMILES string of the molecule is CCN(CC)Cc1cccc(NC(=O)Cc2c(C)[nH]c3ccccc23)c1. The number of carbonyl (C=O) groups is 1. The van der Waals surface area contributed by atoms with Gasteiger partial charge in [-0.1, -0.05) is 44.2 Å². The molecule has 4 nitrogen and oxygen atoms in total. The molecule has 0 radical (unpaired) electrons. The Morgan fingerprint density at radius 3 is 2.62 bits per heavy atom. The summed E-state index contributed by atoms with van der Waals surface area (Å²) in [7, 11) is 0. The van der Waals surface area contributed by atoms with Crippen LogP contribution in [0.4, 0.5) is 5.69 Å². The largest absolute Gasteiger partial charge is 0.358 e. The maximum absolute atomic E-state index is 12.6. The zero-order valence-corrected chi connectivity index (χ0v) is 15.8. The summed E-state index contributed by atoms with van der Waals surface area (Å²) in [6, 6.07) is 16.2. The van der Waals surface area contributed by atoms with Crippen LogP contribution in [0.3, 0.4) is 0 Å². The molecule has 0 saturated heterocycles. The Morgan fingerprint density at radius 2 is 1.85 bits per heavy atom. The van der Waals surface area contributed by atoms with Crippen molar-refractivity contribution in [1.29, 1.82) is 0 Å². The van der Waals surface area contributed by atoms with Gasteiger partial charge in [-0.05, 0) is 49.3 Å². The first-order valence-corrected chi connectivity index (χ1v) is 9.28. The number of aromatic amines is 1. The molecule has 1 aromatic heterocycles. The second-order valence-electron chi connectivity index (χ2n) is 6.66. The quantitative estimate of drug-likeness (QED) is 0.660. The number of benzene rings is 2. The zero-order chi connectivity index (χ0) is 18.5. The van der Waals surface area contributed by atoms with Crippen LogP contribution >= 0.6 is 0 Å². The summed E-state index contributed by atoms with van der Waals surface area (Å²) in [5, 5.41) is 4.17. The van der Waals surface area contributed by atoms with Crippen LogP contribution in [0.5, 0.6) is 0 Å². The zero-order valence-electron chi connectivity index (χ0n) is 15.8. The van der Waals surface area contributed by atoms with E-state index in [1.165, 1.54) is 5.56 Å². The number of fused-ring (bicyclic) bond motifs is 1. The fourth-order valence-corrected chi connectivity index (χ4v) is 3.38. The average Bonchev–Trinajstić information content (AvgIpc) is 2.95. The third kappa shape index (κ3) is 4.14. The molecule has 3 aromatic rings. The van der Waals surface area contributed by atoms with Gasteiger partial charge in [0.1, 0.15) is 0 Å². The highest BCUT2D eigenvalue weighted by Crippen LogP contribution is 2.23. The number of anilines is 1. The van der Waals surface area contributed by atoms with Crippen molar-refractivity contribution in [1.82, 2.24) is 9.88 Å². The molecule has 0 bridgehead atoms. The van der Waals surface area contributed by atoms with E-state index in [4.69, 9.17) is 0 Å². The number of H-pyrrole nitrogens is 1. The van der Waals surface area contributed by atoms with E-state index < -0.39 is 0 Å². The highest BCUT2D eigenvalue weighted by atomic mass is 16.1. The summed E-state index contributed by atoms with van der Waals surface area (Å²) in [6.07, 6.45) is 0.371. The first-order chi connectivity index (χ1) is 12.6. The minimum atomic E-state index is 0.0119. The van der Waals surface area contributed by atoms with Crippen molar-refractivity contribution in [3.05, 3.63) is 65.4 Å². The molecule has 3 rings (SSSR count). The predicted octanol–water partition coefficient (Wildman–Crippen LogP) is 4.50. The van der Waals surface area contributed by atoms with E-state index in [1.54, 1.807) is 0 Å². The smallest absolute Gasteiger partial charge is 0.228 e. The van der Waals surface area contributed by atoms with Gasteiger partial charge in [0.05, 0.1) is 6.42 Å². The molecular weight excluding hydrogens is 322 g/mol.